The summed E-state index contributed by atoms with van der Waals surface area (Å²) in [5.74, 6) is -0.500. The zero-order valence-corrected chi connectivity index (χ0v) is 14.4. The highest BCUT2D eigenvalue weighted by molar-refractivity contribution is 7.99. The van der Waals surface area contributed by atoms with Crippen LogP contribution in [0.2, 0.25) is 0 Å². The third-order valence-corrected chi connectivity index (χ3v) is 5.35. The minimum absolute atomic E-state index is 0.0484. The Labute approximate surface area is 132 Å². The molecular weight excluding hydrogens is 300 g/mol. The Morgan fingerprint density at radius 2 is 1.64 bits per heavy atom. The van der Waals surface area contributed by atoms with Gasteiger partial charge in [-0.05, 0) is 40.2 Å². The van der Waals surface area contributed by atoms with Crippen molar-refractivity contribution in [3.63, 3.8) is 0 Å². The summed E-state index contributed by atoms with van der Waals surface area (Å²) >= 11 is 0. The molecule has 1 amide bonds. The number of sulfonamides is 1. The number of carbonyl (C=O) groups is 1. The summed E-state index contributed by atoms with van der Waals surface area (Å²) < 4.78 is 26.9. The number of hydrogen-bond acceptors (Lipinski definition) is 4. The van der Waals surface area contributed by atoms with Gasteiger partial charge in [0.25, 0.3) is 15.9 Å². The maximum atomic E-state index is 12.9. The zero-order valence-electron chi connectivity index (χ0n) is 13.5. The molecule has 1 heterocycles. The van der Waals surface area contributed by atoms with Crippen LogP contribution in [0.15, 0.2) is 36.0 Å². The van der Waals surface area contributed by atoms with E-state index < -0.39 is 21.5 Å². The Morgan fingerprint density at radius 1 is 1.09 bits per heavy atom. The Hall–Kier alpha value is -1.82. The number of hydrogen-bond donors (Lipinski definition) is 1. The molecule has 0 spiro atoms. The van der Waals surface area contributed by atoms with Crippen molar-refractivity contribution in [2.75, 3.05) is 0 Å². The van der Waals surface area contributed by atoms with Gasteiger partial charge in [0.15, 0.2) is 0 Å². The number of amides is 1. The van der Waals surface area contributed by atoms with Gasteiger partial charge in [-0.15, -0.1) is 0 Å². The van der Waals surface area contributed by atoms with Gasteiger partial charge in [-0.2, -0.15) is 0 Å². The molecule has 6 heteroatoms. The molecule has 1 aromatic carbocycles. The summed E-state index contributed by atoms with van der Waals surface area (Å²) in [5, 5.41) is 3.01. The molecule has 2 rings (SSSR count). The molecule has 0 aliphatic carbocycles. The summed E-state index contributed by atoms with van der Waals surface area (Å²) in [6.07, 6.45) is 0. The molecule has 1 aromatic rings. The smallest absolute Gasteiger partial charge is 0.285 e. The average Bonchev–Trinajstić information content (AvgIpc) is 2.55. The van der Waals surface area contributed by atoms with Crippen LogP contribution in [-0.4, -0.2) is 30.2 Å². The van der Waals surface area contributed by atoms with Crippen molar-refractivity contribution in [1.82, 2.24) is 9.62 Å². The van der Waals surface area contributed by atoms with Gasteiger partial charge < -0.3 is 5.32 Å². The Bertz CT molecular complexity index is 714. The molecule has 0 saturated heterocycles. The van der Waals surface area contributed by atoms with Crippen molar-refractivity contribution in [3.05, 3.63) is 41.6 Å². The molecule has 1 N–H and O–H groups in total. The maximum absolute atomic E-state index is 12.9. The molecule has 22 heavy (non-hydrogen) atoms. The van der Waals surface area contributed by atoms with Gasteiger partial charge in [0, 0.05) is 6.04 Å². The van der Waals surface area contributed by atoms with Crippen LogP contribution >= 0.6 is 0 Å². The van der Waals surface area contributed by atoms with E-state index in [2.05, 4.69) is 5.32 Å². The van der Waals surface area contributed by atoms with Crippen molar-refractivity contribution < 1.29 is 13.2 Å². The molecule has 120 valence electrons. The van der Waals surface area contributed by atoms with E-state index in [0.717, 1.165) is 4.31 Å². The van der Waals surface area contributed by atoms with Gasteiger partial charge in [0.2, 0.25) is 0 Å². The van der Waals surface area contributed by atoms with Gasteiger partial charge in [0.1, 0.15) is 10.6 Å². The van der Waals surface area contributed by atoms with Crippen molar-refractivity contribution in [2.24, 2.45) is 0 Å². The summed E-state index contributed by atoms with van der Waals surface area (Å²) in [6.45, 7) is 8.88. The number of nitrogens with zero attached hydrogens (tertiary/aromatic N) is 1. The van der Waals surface area contributed by atoms with Crippen LogP contribution in [-0.2, 0) is 14.8 Å². The molecule has 0 bridgehead atoms. The fraction of sp³-hybridized carbons (Fsp3) is 0.438. The van der Waals surface area contributed by atoms with Crippen LogP contribution in [0.3, 0.4) is 0 Å². The SMILES string of the molecule is CC(C)NC1=C(c2ccccc2)S(=O)(=O)N(C(C)(C)C)C1=O. The number of nitrogens with one attached hydrogen (secondary N) is 1. The van der Waals surface area contributed by atoms with E-state index in [4.69, 9.17) is 0 Å². The minimum atomic E-state index is -3.88. The normalized spacial score (nSPS) is 18.3. The fourth-order valence-corrected chi connectivity index (χ4v) is 4.54. The highest BCUT2D eigenvalue weighted by Gasteiger charge is 2.49. The molecule has 0 atom stereocenters. The van der Waals surface area contributed by atoms with Gasteiger partial charge in [0.05, 0.1) is 5.54 Å². The summed E-state index contributed by atoms with van der Waals surface area (Å²) in [5.41, 5.74) is -0.155. The molecule has 1 aliphatic heterocycles. The Balaban J connectivity index is 2.71. The molecule has 0 fully saturated rings. The third kappa shape index (κ3) is 2.75. The van der Waals surface area contributed by atoms with E-state index >= 15 is 0 Å². The van der Waals surface area contributed by atoms with E-state index in [-0.39, 0.29) is 16.6 Å². The second-order valence-corrected chi connectivity index (χ2v) is 8.34. The van der Waals surface area contributed by atoms with Gasteiger partial charge in [-0.1, -0.05) is 30.3 Å². The molecule has 0 aromatic heterocycles. The first-order valence-electron chi connectivity index (χ1n) is 7.23. The number of rotatable bonds is 3. The van der Waals surface area contributed by atoms with E-state index in [1.807, 2.05) is 19.9 Å². The lowest BCUT2D eigenvalue weighted by Crippen LogP contribution is -2.47. The maximum Gasteiger partial charge on any atom is 0.285 e. The van der Waals surface area contributed by atoms with Crippen molar-refractivity contribution in [3.8, 4) is 0 Å². The highest BCUT2D eigenvalue weighted by Crippen LogP contribution is 2.38. The largest absolute Gasteiger partial charge is 0.377 e. The molecule has 5 nitrogen and oxygen atoms in total. The first-order valence-corrected chi connectivity index (χ1v) is 8.67. The highest BCUT2D eigenvalue weighted by atomic mass is 32.2. The predicted molar refractivity (Wildman–Crippen MR) is 87.2 cm³/mol. The predicted octanol–water partition coefficient (Wildman–Crippen LogP) is 2.32. The lowest BCUT2D eigenvalue weighted by Gasteiger charge is -2.30. The van der Waals surface area contributed by atoms with Crippen LogP contribution in [0.5, 0.6) is 0 Å². The Morgan fingerprint density at radius 3 is 2.09 bits per heavy atom. The van der Waals surface area contributed by atoms with Crippen LogP contribution in [0.4, 0.5) is 0 Å². The van der Waals surface area contributed by atoms with Gasteiger partial charge in [-0.25, -0.2) is 12.7 Å². The summed E-state index contributed by atoms with van der Waals surface area (Å²) in [6, 6.07) is 8.69. The van der Waals surface area contributed by atoms with Crippen molar-refractivity contribution >= 4 is 20.8 Å². The lowest BCUT2D eigenvalue weighted by molar-refractivity contribution is -0.125. The molecule has 1 aliphatic rings. The van der Waals surface area contributed by atoms with E-state index in [0.29, 0.717) is 5.56 Å². The van der Waals surface area contributed by atoms with Crippen LogP contribution in [0.1, 0.15) is 40.2 Å². The van der Waals surface area contributed by atoms with Gasteiger partial charge in [-0.3, -0.25) is 4.79 Å². The van der Waals surface area contributed by atoms with Crippen LogP contribution in [0, 0.1) is 0 Å². The van der Waals surface area contributed by atoms with Crippen LogP contribution < -0.4 is 5.32 Å². The fourth-order valence-electron chi connectivity index (χ4n) is 2.49. The molecule has 0 unspecified atom stereocenters. The third-order valence-electron chi connectivity index (χ3n) is 3.20. The lowest BCUT2D eigenvalue weighted by atomic mass is 10.1. The molecule has 0 radical (unpaired) electrons. The molecule has 0 saturated carbocycles. The first kappa shape index (κ1) is 16.5. The van der Waals surface area contributed by atoms with E-state index in [1.165, 1.54) is 0 Å². The number of carbonyl (C=O) groups excluding carboxylic acids is 1. The van der Waals surface area contributed by atoms with Crippen molar-refractivity contribution in [2.45, 2.75) is 46.2 Å². The van der Waals surface area contributed by atoms with Gasteiger partial charge >= 0.3 is 0 Å². The first-order chi connectivity index (χ1) is 10.1. The molecular formula is C16H22N2O3S. The standard InChI is InChI=1S/C16H22N2O3S/c1-11(2)17-13-14(12-9-7-6-8-10-12)22(20,21)18(15(13)19)16(3,4)5/h6-11,17H,1-5H3. The van der Waals surface area contributed by atoms with Crippen molar-refractivity contribution in [1.29, 1.82) is 0 Å². The zero-order chi connectivity index (χ0) is 16.7. The second-order valence-electron chi connectivity index (χ2n) is 6.61. The second kappa shape index (κ2) is 5.43. The van der Waals surface area contributed by atoms with E-state index in [1.54, 1.807) is 45.0 Å². The monoisotopic (exact) mass is 322 g/mol. The average molecular weight is 322 g/mol. The topological polar surface area (TPSA) is 66.5 Å². The van der Waals surface area contributed by atoms with Crippen LogP contribution in [0.25, 0.3) is 4.91 Å². The Kier molecular flexibility index (Phi) is 4.08. The summed E-state index contributed by atoms with van der Waals surface area (Å²) in [7, 11) is -3.88. The quantitative estimate of drug-likeness (QED) is 0.927. The summed E-state index contributed by atoms with van der Waals surface area (Å²) in [4.78, 5) is 12.8. The minimum Gasteiger partial charge on any atom is -0.377 e. The number of benzene rings is 1. The van der Waals surface area contributed by atoms with E-state index in [9.17, 15) is 13.2 Å².